The molecular formula is C8H8N4O3. The van der Waals surface area contributed by atoms with Crippen molar-refractivity contribution in [3.63, 3.8) is 0 Å². The fourth-order valence-electron chi connectivity index (χ4n) is 1.34. The molecule has 0 atom stereocenters. The first-order valence-electron chi connectivity index (χ1n) is 4.25. The van der Waals surface area contributed by atoms with Crippen molar-refractivity contribution in [2.24, 2.45) is 0 Å². The van der Waals surface area contributed by atoms with E-state index < -0.39 is 11.2 Å². The molecule has 0 saturated heterocycles. The fourth-order valence-corrected chi connectivity index (χ4v) is 1.34. The first kappa shape index (κ1) is 9.38. The Morgan fingerprint density at radius 2 is 2.20 bits per heavy atom. The number of aromatic amines is 2. The van der Waals surface area contributed by atoms with Gasteiger partial charge < -0.3 is 4.57 Å². The van der Waals surface area contributed by atoms with Crippen LogP contribution >= 0.6 is 0 Å². The number of imidazole rings is 1. The molecule has 0 saturated carbocycles. The van der Waals surface area contributed by atoms with Crippen LogP contribution in [0.5, 0.6) is 0 Å². The third-order valence-electron chi connectivity index (χ3n) is 1.90. The van der Waals surface area contributed by atoms with Gasteiger partial charge in [-0.25, -0.2) is 9.78 Å². The number of Topliss-reactive ketones (excluding diaryl/α,β-unsaturated/α-hetero) is 1. The Morgan fingerprint density at radius 3 is 2.87 bits per heavy atom. The molecule has 0 bridgehead atoms. The van der Waals surface area contributed by atoms with Gasteiger partial charge in [-0.2, -0.15) is 0 Å². The molecule has 15 heavy (non-hydrogen) atoms. The lowest BCUT2D eigenvalue weighted by molar-refractivity contribution is -0.117. The van der Waals surface area contributed by atoms with Crippen LogP contribution in [0.2, 0.25) is 0 Å². The van der Waals surface area contributed by atoms with Gasteiger partial charge >= 0.3 is 5.69 Å². The number of carbonyl (C=O) groups excluding carboxylic acids is 1. The summed E-state index contributed by atoms with van der Waals surface area (Å²) < 4.78 is 1.42. The smallest absolute Gasteiger partial charge is 0.309 e. The Hall–Kier alpha value is -2.18. The zero-order valence-corrected chi connectivity index (χ0v) is 7.90. The van der Waals surface area contributed by atoms with Crippen LogP contribution in [0.15, 0.2) is 15.9 Å². The number of hydrogen-bond donors (Lipinski definition) is 2. The number of carbonyl (C=O) groups is 1. The van der Waals surface area contributed by atoms with Crippen LogP contribution < -0.4 is 11.2 Å². The Bertz CT molecular complexity index is 633. The highest BCUT2D eigenvalue weighted by Crippen LogP contribution is 2.02. The third-order valence-corrected chi connectivity index (χ3v) is 1.90. The zero-order valence-electron chi connectivity index (χ0n) is 7.90. The van der Waals surface area contributed by atoms with E-state index in [2.05, 4.69) is 15.0 Å². The minimum atomic E-state index is -0.613. The van der Waals surface area contributed by atoms with Gasteiger partial charge in [0.05, 0.1) is 12.9 Å². The summed E-state index contributed by atoms with van der Waals surface area (Å²) in [5.74, 6) is -0.0876. The van der Waals surface area contributed by atoms with E-state index in [1.54, 1.807) is 0 Å². The van der Waals surface area contributed by atoms with Crippen molar-refractivity contribution < 1.29 is 4.79 Å². The molecule has 0 spiro atoms. The summed E-state index contributed by atoms with van der Waals surface area (Å²) in [5.41, 5.74) is -0.788. The van der Waals surface area contributed by atoms with E-state index in [4.69, 9.17) is 0 Å². The Labute approximate surface area is 82.8 Å². The molecule has 2 aromatic rings. The van der Waals surface area contributed by atoms with E-state index in [1.807, 2.05) is 0 Å². The van der Waals surface area contributed by atoms with Crippen LogP contribution in [0.3, 0.4) is 0 Å². The van der Waals surface area contributed by atoms with Crippen molar-refractivity contribution in [2.45, 2.75) is 13.5 Å². The third kappa shape index (κ3) is 1.58. The minimum Gasteiger partial charge on any atom is -0.309 e. The molecule has 78 valence electrons. The molecule has 0 aliphatic heterocycles. The van der Waals surface area contributed by atoms with Gasteiger partial charge in [0.15, 0.2) is 5.52 Å². The van der Waals surface area contributed by atoms with E-state index in [0.717, 1.165) is 0 Å². The van der Waals surface area contributed by atoms with Crippen molar-refractivity contribution in [1.29, 1.82) is 0 Å². The lowest BCUT2D eigenvalue weighted by Crippen LogP contribution is -2.23. The summed E-state index contributed by atoms with van der Waals surface area (Å²) in [6.45, 7) is 1.49. The van der Waals surface area contributed by atoms with E-state index in [-0.39, 0.29) is 23.5 Å². The Kier molecular flexibility index (Phi) is 2.00. The van der Waals surface area contributed by atoms with Gasteiger partial charge in [-0.15, -0.1) is 0 Å². The molecule has 2 N–H and O–H groups in total. The van der Waals surface area contributed by atoms with Crippen molar-refractivity contribution in [2.75, 3.05) is 0 Å². The molecule has 7 nitrogen and oxygen atoms in total. The highest BCUT2D eigenvalue weighted by atomic mass is 16.2. The highest BCUT2D eigenvalue weighted by Gasteiger charge is 2.08. The molecule has 0 unspecified atom stereocenters. The molecule has 0 radical (unpaired) electrons. The van der Waals surface area contributed by atoms with E-state index >= 15 is 0 Å². The monoisotopic (exact) mass is 208 g/mol. The van der Waals surface area contributed by atoms with E-state index in [9.17, 15) is 14.4 Å². The maximum absolute atomic E-state index is 11.3. The van der Waals surface area contributed by atoms with Crippen LogP contribution in [0, 0.1) is 0 Å². The van der Waals surface area contributed by atoms with E-state index in [1.165, 1.54) is 17.8 Å². The molecule has 0 aromatic carbocycles. The molecule has 2 rings (SSSR count). The molecule has 2 heterocycles. The SMILES string of the molecule is CC(=O)Cn1cnc2c(=O)[nH]c(=O)[nH]c21. The summed E-state index contributed by atoms with van der Waals surface area (Å²) in [7, 11) is 0. The van der Waals surface area contributed by atoms with Gasteiger partial charge in [-0.3, -0.25) is 19.6 Å². The number of aromatic nitrogens is 4. The van der Waals surface area contributed by atoms with Gasteiger partial charge in [0.2, 0.25) is 0 Å². The molecule has 0 aliphatic carbocycles. The minimum absolute atomic E-state index is 0.0793. The first-order chi connectivity index (χ1) is 7.08. The number of H-pyrrole nitrogens is 2. The molecule has 0 fully saturated rings. The van der Waals surface area contributed by atoms with Gasteiger partial charge in [0.25, 0.3) is 5.56 Å². The summed E-state index contributed by atoms with van der Waals surface area (Å²) in [6, 6.07) is 0. The van der Waals surface area contributed by atoms with Crippen LogP contribution in [0.4, 0.5) is 0 Å². The van der Waals surface area contributed by atoms with Crippen molar-refractivity contribution >= 4 is 16.9 Å². The Morgan fingerprint density at radius 1 is 1.47 bits per heavy atom. The summed E-state index contributed by atoms with van der Waals surface area (Å²) in [4.78, 5) is 41.4. The van der Waals surface area contributed by atoms with E-state index in [0.29, 0.717) is 0 Å². The zero-order chi connectivity index (χ0) is 11.0. The number of ketones is 1. The van der Waals surface area contributed by atoms with Crippen molar-refractivity contribution in [1.82, 2.24) is 19.5 Å². The first-order valence-corrected chi connectivity index (χ1v) is 4.25. The number of nitrogens with one attached hydrogen (secondary N) is 2. The number of nitrogens with zero attached hydrogens (tertiary/aromatic N) is 2. The fraction of sp³-hybridized carbons (Fsp3) is 0.250. The van der Waals surface area contributed by atoms with Crippen LogP contribution in [-0.2, 0) is 11.3 Å². The lowest BCUT2D eigenvalue weighted by atomic mass is 10.4. The molecule has 0 amide bonds. The average molecular weight is 208 g/mol. The lowest BCUT2D eigenvalue weighted by Gasteiger charge is -1.98. The van der Waals surface area contributed by atoms with Crippen LogP contribution in [-0.4, -0.2) is 25.3 Å². The predicted molar refractivity (Wildman–Crippen MR) is 51.7 cm³/mol. The predicted octanol–water partition coefficient (Wildman–Crippen LogP) is -0.998. The second kappa shape index (κ2) is 3.19. The molecule has 2 aromatic heterocycles. The largest absolute Gasteiger partial charge is 0.327 e. The van der Waals surface area contributed by atoms with Gasteiger partial charge in [0.1, 0.15) is 11.4 Å². The summed E-state index contributed by atoms with van der Waals surface area (Å²) in [6.07, 6.45) is 1.34. The second-order valence-electron chi connectivity index (χ2n) is 3.18. The maximum Gasteiger partial charge on any atom is 0.327 e. The molecule has 0 aliphatic rings. The maximum atomic E-state index is 11.3. The number of hydrogen-bond acceptors (Lipinski definition) is 4. The second-order valence-corrected chi connectivity index (χ2v) is 3.18. The van der Waals surface area contributed by atoms with Crippen molar-refractivity contribution in [3.05, 3.63) is 27.2 Å². The quantitative estimate of drug-likeness (QED) is 0.661. The Balaban J connectivity index is 2.74. The van der Waals surface area contributed by atoms with Gasteiger partial charge in [-0.1, -0.05) is 0 Å². The standard InChI is InChI=1S/C8H8N4O3/c1-4(13)2-12-3-9-5-6(12)10-8(15)11-7(5)14/h3H,2H2,1H3,(H2,10,11,14,15). The number of fused-ring (bicyclic) bond motifs is 1. The molecular weight excluding hydrogens is 200 g/mol. The molecule has 7 heteroatoms. The van der Waals surface area contributed by atoms with Gasteiger partial charge in [-0.05, 0) is 6.92 Å². The van der Waals surface area contributed by atoms with Crippen LogP contribution in [0.25, 0.3) is 11.2 Å². The number of rotatable bonds is 2. The summed E-state index contributed by atoms with van der Waals surface area (Å²) >= 11 is 0. The normalized spacial score (nSPS) is 10.7. The topological polar surface area (TPSA) is 101 Å². The van der Waals surface area contributed by atoms with Gasteiger partial charge in [0, 0.05) is 0 Å². The summed E-state index contributed by atoms with van der Waals surface area (Å²) in [5, 5.41) is 0. The van der Waals surface area contributed by atoms with Crippen LogP contribution in [0.1, 0.15) is 6.92 Å². The highest BCUT2D eigenvalue weighted by molar-refractivity contribution is 5.78. The average Bonchev–Trinajstić information content (AvgIpc) is 2.48. The van der Waals surface area contributed by atoms with Crippen molar-refractivity contribution in [3.8, 4) is 0 Å².